The molecular formula is C25H34O5. The predicted molar refractivity (Wildman–Crippen MR) is 117 cm³/mol. The summed E-state index contributed by atoms with van der Waals surface area (Å²) in [6, 6.07) is 4.88. The van der Waals surface area contributed by atoms with Crippen molar-refractivity contribution in [1.82, 2.24) is 0 Å². The van der Waals surface area contributed by atoms with E-state index < -0.39 is 11.6 Å². The van der Waals surface area contributed by atoms with E-state index in [1.807, 2.05) is 13.8 Å². The maximum absolute atomic E-state index is 12.6. The summed E-state index contributed by atoms with van der Waals surface area (Å²) in [4.78, 5) is 12.6. The molecule has 0 aliphatic heterocycles. The first-order chi connectivity index (χ1) is 14.1. The Morgan fingerprint density at radius 1 is 1.30 bits per heavy atom. The van der Waals surface area contributed by atoms with E-state index in [0.717, 1.165) is 18.4 Å². The normalized spacial score (nSPS) is 27.1. The summed E-state index contributed by atoms with van der Waals surface area (Å²) >= 11 is 0. The van der Waals surface area contributed by atoms with Crippen LogP contribution in [0.5, 0.6) is 11.5 Å². The number of fused-ring (bicyclic) bond motifs is 1. The second-order valence-corrected chi connectivity index (χ2v) is 9.37. The van der Waals surface area contributed by atoms with Crippen LogP contribution in [0.15, 0.2) is 35.4 Å². The molecule has 0 unspecified atom stereocenters. The van der Waals surface area contributed by atoms with E-state index in [4.69, 9.17) is 9.47 Å². The fourth-order valence-electron chi connectivity index (χ4n) is 5.04. The fraction of sp³-hybridized carbons (Fsp3) is 0.560. The first-order valence-corrected chi connectivity index (χ1v) is 10.8. The highest BCUT2D eigenvalue weighted by Gasteiger charge is 2.43. The summed E-state index contributed by atoms with van der Waals surface area (Å²) < 4.78 is 11.0. The molecule has 1 aromatic carbocycles. The average Bonchev–Trinajstić information content (AvgIpc) is 2.97. The average molecular weight is 415 g/mol. The molecule has 3 rings (SSSR count). The number of allylic oxidation sites excluding steroid dienone is 1. The van der Waals surface area contributed by atoms with Gasteiger partial charge in [0.05, 0.1) is 12.7 Å². The minimum absolute atomic E-state index is 0.0481. The summed E-state index contributed by atoms with van der Waals surface area (Å²) in [6.45, 7) is 8.06. The van der Waals surface area contributed by atoms with Gasteiger partial charge in [0.25, 0.3) is 0 Å². The third kappa shape index (κ3) is 4.89. The SMILES string of the molecule is COc1cc(C=CC(=O)O[C@H]2CC(C)=C3CC[C@H](C)[C@@H]3C[C@@H]2C(C)(C)O)ccc1O. The zero-order valence-electron chi connectivity index (χ0n) is 18.6. The van der Waals surface area contributed by atoms with E-state index in [-0.39, 0.29) is 17.8 Å². The smallest absolute Gasteiger partial charge is 0.331 e. The van der Waals surface area contributed by atoms with Crippen molar-refractivity contribution in [3.8, 4) is 11.5 Å². The van der Waals surface area contributed by atoms with Crippen LogP contribution in [-0.2, 0) is 9.53 Å². The lowest BCUT2D eigenvalue weighted by Gasteiger charge is -2.36. The number of aromatic hydroxyl groups is 1. The van der Waals surface area contributed by atoms with Crippen LogP contribution in [0.25, 0.3) is 6.08 Å². The fourth-order valence-corrected chi connectivity index (χ4v) is 5.04. The van der Waals surface area contributed by atoms with Gasteiger partial charge in [0, 0.05) is 18.4 Å². The zero-order chi connectivity index (χ0) is 22.1. The molecule has 2 aliphatic carbocycles. The van der Waals surface area contributed by atoms with Gasteiger partial charge in [-0.3, -0.25) is 0 Å². The Morgan fingerprint density at radius 3 is 2.70 bits per heavy atom. The van der Waals surface area contributed by atoms with Crippen molar-refractivity contribution in [2.24, 2.45) is 17.8 Å². The maximum Gasteiger partial charge on any atom is 0.331 e. The van der Waals surface area contributed by atoms with Crippen molar-refractivity contribution in [3.63, 3.8) is 0 Å². The molecule has 0 aromatic heterocycles. The number of carbonyl (C=O) groups is 1. The Labute approximate surface area is 179 Å². The van der Waals surface area contributed by atoms with Crippen molar-refractivity contribution >= 4 is 12.0 Å². The molecule has 5 nitrogen and oxygen atoms in total. The van der Waals surface area contributed by atoms with Crippen LogP contribution in [-0.4, -0.2) is 35.0 Å². The molecule has 2 N–H and O–H groups in total. The lowest BCUT2D eigenvalue weighted by Crippen LogP contribution is -2.42. The van der Waals surface area contributed by atoms with Gasteiger partial charge in [0.15, 0.2) is 11.5 Å². The summed E-state index contributed by atoms with van der Waals surface area (Å²) in [7, 11) is 1.48. The molecule has 5 heteroatoms. The number of phenols is 1. The maximum atomic E-state index is 12.6. The Hall–Kier alpha value is -2.27. The van der Waals surface area contributed by atoms with Crippen LogP contribution in [0.1, 0.15) is 58.9 Å². The molecule has 1 aromatic rings. The van der Waals surface area contributed by atoms with Crippen LogP contribution >= 0.6 is 0 Å². The van der Waals surface area contributed by atoms with E-state index >= 15 is 0 Å². The molecule has 0 radical (unpaired) electrons. The van der Waals surface area contributed by atoms with Crippen LogP contribution < -0.4 is 4.74 Å². The van der Waals surface area contributed by atoms with Crippen molar-refractivity contribution in [1.29, 1.82) is 0 Å². The molecular weight excluding hydrogens is 380 g/mol. The summed E-state index contributed by atoms with van der Waals surface area (Å²) in [5.74, 6) is 0.899. The highest BCUT2D eigenvalue weighted by molar-refractivity contribution is 5.87. The van der Waals surface area contributed by atoms with E-state index in [1.165, 1.54) is 36.8 Å². The molecule has 0 heterocycles. The van der Waals surface area contributed by atoms with Gasteiger partial charge in [-0.2, -0.15) is 0 Å². The number of benzene rings is 1. The van der Waals surface area contributed by atoms with Gasteiger partial charge in [0.2, 0.25) is 0 Å². The highest BCUT2D eigenvalue weighted by Crippen LogP contribution is 2.48. The Kier molecular flexibility index (Phi) is 6.61. The predicted octanol–water partition coefficient (Wildman–Crippen LogP) is 4.87. The molecule has 1 saturated carbocycles. The quantitative estimate of drug-likeness (QED) is 0.408. The molecule has 0 amide bonds. The third-order valence-electron chi connectivity index (χ3n) is 6.81. The van der Waals surface area contributed by atoms with Crippen molar-refractivity contribution < 1.29 is 24.5 Å². The zero-order valence-corrected chi connectivity index (χ0v) is 18.6. The lowest BCUT2D eigenvalue weighted by atomic mass is 9.77. The van der Waals surface area contributed by atoms with Crippen molar-refractivity contribution in [3.05, 3.63) is 41.0 Å². The highest BCUT2D eigenvalue weighted by atomic mass is 16.5. The van der Waals surface area contributed by atoms with Gasteiger partial charge in [0.1, 0.15) is 6.10 Å². The van der Waals surface area contributed by atoms with Crippen LogP contribution in [0, 0.1) is 17.8 Å². The number of phenolic OH excluding ortho intramolecular Hbond substituents is 1. The number of aliphatic hydroxyl groups is 1. The lowest BCUT2D eigenvalue weighted by molar-refractivity contribution is -0.151. The number of rotatable bonds is 5. The third-order valence-corrected chi connectivity index (χ3v) is 6.81. The van der Waals surface area contributed by atoms with E-state index in [2.05, 4.69) is 13.8 Å². The van der Waals surface area contributed by atoms with Crippen LogP contribution in [0.4, 0.5) is 0 Å². The summed E-state index contributed by atoms with van der Waals surface area (Å²) in [5.41, 5.74) is 2.60. The van der Waals surface area contributed by atoms with Crippen molar-refractivity contribution in [2.45, 2.75) is 65.1 Å². The Morgan fingerprint density at radius 2 is 2.03 bits per heavy atom. The van der Waals surface area contributed by atoms with Crippen LogP contribution in [0.3, 0.4) is 0 Å². The second kappa shape index (κ2) is 8.84. The molecule has 30 heavy (non-hydrogen) atoms. The number of carbonyl (C=O) groups excluding carboxylic acids is 1. The standard InChI is InChI=1S/C25H34O5/c1-15-6-9-18-16(2)12-22(20(14-19(15)18)25(3,4)28)30-24(27)11-8-17-7-10-21(26)23(13-17)29-5/h7-8,10-11,13,15,19-20,22,26,28H,6,9,12,14H2,1-5H3/t15-,19-,20-,22-/m0/s1. The molecule has 164 valence electrons. The number of methoxy groups -OCH3 is 1. The Balaban J connectivity index is 1.77. The molecule has 2 aliphatic rings. The van der Waals surface area contributed by atoms with Gasteiger partial charge >= 0.3 is 5.97 Å². The number of hydrogen-bond donors (Lipinski definition) is 2. The minimum Gasteiger partial charge on any atom is -0.504 e. The van der Waals surface area contributed by atoms with E-state index in [1.54, 1.807) is 18.2 Å². The first-order valence-electron chi connectivity index (χ1n) is 10.8. The van der Waals surface area contributed by atoms with Crippen LogP contribution in [0.2, 0.25) is 0 Å². The van der Waals surface area contributed by atoms with Crippen molar-refractivity contribution in [2.75, 3.05) is 7.11 Å². The molecule has 0 spiro atoms. The largest absolute Gasteiger partial charge is 0.504 e. The number of ether oxygens (including phenoxy) is 2. The summed E-state index contributed by atoms with van der Waals surface area (Å²) in [6.07, 6.45) is 6.49. The van der Waals surface area contributed by atoms with E-state index in [0.29, 0.717) is 24.0 Å². The minimum atomic E-state index is -0.934. The van der Waals surface area contributed by atoms with Gasteiger partial charge in [-0.05, 0) is 75.6 Å². The summed E-state index contributed by atoms with van der Waals surface area (Å²) in [5, 5.41) is 20.6. The van der Waals surface area contributed by atoms with Gasteiger partial charge in [-0.1, -0.05) is 24.1 Å². The number of hydrogen-bond acceptors (Lipinski definition) is 5. The molecule has 4 atom stereocenters. The van der Waals surface area contributed by atoms with E-state index in [9.17, 15) is 15.0 Å². The van der Waals surface area contributed by atoms with Gasteiger partial charge in [-0.25, -0.2) is 4.79 Å². The molecule has 0 bridgehead atoms. The first kappa shape index (κ1) is 22.4. The monoisotopic (exact) mass is 414 g/mol. The van der Waals surface area contributed by atoms with Gasteiger partial charge < -0.3 is 19.7 Å². The second-order valence-electron chi connectivity index (χ2n) is 9.37. The molecule has 0 saturated heterocycles. The topological polar surface area (TPSA) is 76.0 Å². The molecule has 1 fully saturated rings. The Bertz CT molecular complexity index is 846. The van der Waals surface area contributed by atoms with Gasteiger partial charge in [-0.15, -0.1) is 0 Å². The number of esters is 1.